The van der Waals surface area contributed by atoms with E-state index in [1.54, 1.807) is 0 Å². The van der Waals surface area contributed by atoms with Gasteiger partial charge in [-0.2, -0.15) is 0 Å². The molecule has 8 heteroatoms. The normalized spacial score (nSPS) is 16.5. The van der Waals surface area contributed by atoms with Gasteiger partial charge in [0.25, 0.3) is 5.91 Å². The standard InChI is InChI=1S/C27H32N4O2S2/c1-3-30(4-2)21-12-15-29(18-21)13-8-14-31(26(32)25-11-7-16-34-25)27-28-22(19-35-27)24-17-20-9-5-6-10-23(20)33-24/h5-7,9-11,16-17,19,21H,3-4,8,12-15,18H2,1-2H3. The lowest BCUT2D eigenvalue weighted by Gasteiger charge is -2.26. The molecule has 1 unspecified atom stereocenters. The van der Waals surface area contributed by atoms with Gasteiger partial charge in [0.15, 0.2) is 10.9 Å². The van der Waals surface area contributed by atoms with E-state index in [4.69, 9.17) is 9.40 Å². The highest BCUT2D eigenvalue weighted by Gasteiger charge is 2.27. The number of rotatable bonds is 10. The number of amides is 1. The van der Waals surface area contributed by atoms with Gasteiger partial charge in [-0.15, -0.1) is 22.7 Å². The zero-order chi connectivity index (χ0) is 24.2. The van der Waals surface area contributed by atoms with E-state index in [-0.39, 0.29) is 5.91 Å². The highest BCUT2D eigenvalue weighted by Crippen LogP contribution is 2.32. The summed E-state index contributed by atoms with van der Waals surface area (Å²) >= 11 is 2.98. The van der Waals surface area contributed by atoms with Crippen molar-refractivity contribution >= 4 is 44.7 Å². The van der Waals surface area contributed by atoms with E-state index in [9.17, 15) is 4.79 Å². The zero-order valence-corrected chi connectivity index (χ0v) is 22.0. The molecule has 1 aromatic carbocycles. The minimum Gasteiger partial charge on any atom is -0.454 e. The van der Waals surface area contributed by atoms with Crippen molar-refractivity contribution in [3.05, 3.63) is 58.1 Å². The van der Waals surface area contributed by atoms with Crippen molar-refractivity contribution in [3.8, 4) is 11.5 Å². The van der Waals surface area contributed by atoms with E-state index >= 15 is 0 Å². The minimum absolute atomic E-state index is 0.0212. The van der Waals surface area contributed by atoms with Crippen LogP contribution >= 0.6 is 22.7 Å². The van der Waals surface area contributed by atoms with Gasteiger partial charge in [0.05, 0.1) is 4.88 Å². The Morgan fingerprint density at radius 1 is 1.17 bits per heavy atom. The van der Waals surface area contributed by atoms with Crippen LogP contribution in [0.3, 0.4) is 0 Å². The maximum atomic E-state index is 13.4. The second-order valence-electron chi connectivity index (χ2n) is 8.92. The van der Waals surface area contributed by atoms with Gasteiger partial charge >= 0.3 is 0 Å². The van der Waals surface area contributed by atoms with Crippen LogP contribution in [-0.4, -0.2) is 66.0 Å². The molecule has 0 saturated carbocycles. The van der Waals surface area contributed by atoms with Crippen LogP contribution in [0.25, 0.3) is 22.4 Å². The Hall–Kier alpha value is -2.52. The molecule has 1 aliphatic heterocycles. The highest BCUT2D eigenvalue weighted by molar-refractivity contribution is 7.14. The second-order valence-corrected chi connectivity index (χ2v) is 10.7. The number of para-hydroxylation sites is 1. The number of carbonyl (C=O) groups is 1. The lowest BCUT2D eigenvalue weighted by molar-refractivity contribution is 0.0989. The van der Waals surface area contributed by atoms with E-state index < -0.39 is 0 Å². The average molecular weight is 509 g/mol. The van der Waals surface area contributed by atoms with Crippen molar-refractivity contribution in [1.82, 2.24) is 14.8 Å². The fourth-order valence-electron chi connectivity index (χ4n) is 4.93. The Morgan fingerprint density at radius 3 is 2.80 bits per heavy atom. The van der Waals surface area contributed by atoms with E-state index in [1.165, 1.54) is 29.1 Å². The van der Waals surface area contributed by atoms with E-state index in [2.05, 4.69) is 23.6 Å². The van der Waals surface area contributed by atoms with E-state index in [1.807, 2.05) is 58.1 Å². The summed E-state index contributed by atoms with van der Waals surface area (Å²) < 4.78 is 6.01. The van der Waals surface area contributed by atoms with Gasteiger partial charge in [0.2, 0.25) is 0 Å². The first-order chi connectivity index (χ1) is 17.2. The molecule has 0 N–H and O–H groups in total. The predicted molar refractivity (Wildman–Crippen MR) is 146 cm³/mol. The maximum Gasteiger partial charge on any atom is 0.270 e. The smallest absolute Gasteiger partial charge is 0.270 e. The van der Waals surface area contributed by atoms with Gasteiger partial charge < -0.3 is 9.32 Å². The molecule has 5 rings (SSSR count). The number of thiophene rings is 1. The molecule has 0 radical (unpaired) electrons. The van der Waals surface area contributed by atoms with Crippen molar-refractivity contribution in [2.45, 2.75) is 32.7 Å². The minimum atomic E-state index is 0.0212. The number of nitrogens with zero attached hydrogens (tertiary/aromatic N) is 4. The number of likely N-dealkylation sites (tertiary alicyclic amines) is 1. The number of aromatic nitrogens is 1. The summed E-state index contributed by atoms with van der Waals surface area (Å²) in [5, 5.41) is 5.71. The van der Waals surface area contributed by atoms with Crippen molar-refractivity contribution in [2.24, 2.45) is 0 Å². The van der Waals surface area contributed by atoms with E-state index in [0.29, 0.717) is 12.6 Å². The molecule has 1 amide bonds. The molecule has 1 aliphatic rings. The first-order valence-electron chi connectivity index (χ1n) is 12.4. The Kier molecular flexibility index (Phi) is 7.63. The molecule has 1 fully saturated rings. The summed E-state index contributed by atoms with van der Waals surface area (Å²) in [5.41, 5.74) is 1.61. The summed E-state index contributed by atoms with van der Waals surface area (Å²) in [6.07, 6.45) is 2.15. The van der Waals surface area contributed by atoms with Crippen LogP contribution in [0.5, 0.6) is 0 Å². The Morgan fingerprint density at radius 2 is 2.03 bits per heavy atom. The van der Waals surface area contributed by atoms with Crippen molar-refractivity contribution in [1.29, 1.82) is 0 Å². The fraction of sp³-hybridized carbons (Fsp3) is 0.407. The molecule has 1 saturated heterocycles. The maximum absolute atomic E-state index is 13.4. The average Bonchev–Trinajstić information content (AvgIpc) is 3.68. The Labute approximate surface area is 214 Å². The fourth-order valence-corrected chi connectivity index (χ4v) is 6.44. The summed E-state index contributed by atoms with van der Waals surface area (Å²) in [5.74, 6) is 0.754. The van der Waals surface area contributed by atoms with Gasteiger partial charge in [-0.1, -0.05) is 38.1 Å². The van der Waals surface area contributed by atoms with Gasteiger partial charge in [0.1, 0.15) is 11.3 Å². The molecular formula is C27H32N4O2S2. The Balaban J connectivity index is 1.29. The number of benzene rings is 1. The number of hydrogen-bond donors (Lipinski definition) is 0. The van der Waals surface area contributed by atoms with Crippen LogP contribution in [-0.2, 0) is 0 Å². The lowest BCUT2D eigenvalue weighted by atomic mass is 10.2. The third-order valence-electron chi connectivity index (χ3n) is 6.81. The number of thiazole rings is 1. The van der Waals surface area contributed by atoms with Gasteiger partial charge in [0, 0.05) is 29.9 Å². The van der Waals surface area contributed by atoms with Gasteiger partial charge in [-0.05, 0) is 62.6 Å². The van der Waals surface area contributed by atoms with Gasteiger partial charge in [-0.3, -0.25) is 14.6 Å². The largest absolute Gasteiger partial charge is 0.454 e. The number of carbonyl (C=O) groups excluding carboxylic acids is 1. The first kappa shape index (κ1) is 24.2. The highest BCUT2D eigenvalue weighted by atomic mass is 32.1. The quantitative estimate of drug-likeness (QED) is 0.260. The third kappa shape index (κ3) is 5.35. The monoisotopic (exact) mass is 508 g/mol. The number of anilines is 1. The summed E-state index contributed by atoms with van der Waals surface area (Å²) in [6, 6.07) is 14.4. The van der Waals surface area contributed by atoms with Crippen LogP contribution in [0.15, 0.2) is 57.6 Å². The molecule has 6 nitrogen and oxygen atoms in total. The summed E-state index contributed by atoms with van der Waals surface area (Å²) in [6.45, 7) is 10.6. The SMILES string of the molecule is CCN(CC)C1CCN(CCCN(C(=O)c2cccs2)c2nc(-c3cc4ccccc4o3)cs2)C1. The lowest BCUT2D eigenvalue weighted by Crippen LogP contribution is -2.38. The molecular weight excluding hydrogens is 476 g/mol. The van der Waals surface area contributed by atoms with Crippen LogP contribution in [0.4, 0.5) is 5.13 Å². The molecule has 0 bridgehead atoms. The molecule has 0 spiro atoms. The van der Waals surface area contributed by atoms with Crippen molar-refractivity contribution in [2.75, 3.05) is 44.2 Å². The van der Waals surface area contributed by atoms with Crippen LogP contribution in [0.2, 0.25) is 0 Å². The zero-order valence-electron chi connectivity index (χ0n) is 20.4. The predicted octanol–water partition coefficient (Wildman–Crippen LogP) is 6.07. The van der Waals surface area contributed by atoms with E-state index in [0.717, 1.165) is 71.6 Å². The molecule has 3 aromatic heterocycles. The van der Waals surface area contributed by atoms with Crippen molar-refractivity contribution < 1.29 is 9.21 Å². The number of likely N-dealkylation sites (N-methyl/N-ethyl adjacent to an activating group) is 1. The summed E-state index contributed by atoms with van der Waals surface area (Å²) in [7, 11) is 0. The van der Waals surface area contributed by atoms with Gasteiger partial charge in [-0.25, -0.2) is 4.98 Å². The molecule has 4 heterocycles. The number of fused-ring (bicyclic) bond motifs is 1. The molecule has 184 valence electrons. The number of hydrogen-bond acceptors (Lipinski definition) is 7. The first-order valence-corrected chi connectivity index (χ1v) is 14.2. The van der Waals surface area contributed by atoms with Crippen LogP contribution < -0.4 is 4.90 Å². The second kappa shape index (κ2) is 11.0. The number of furan rings is 1. The molecule has 0 aliphatic carbocycles. The molecule has 4 aromatic rings. The molecule has 35 heavy (non-hydrogen) atoms. The topological polar surface area (TPSA) is 52.8 Å². The third-order valence-corrected chi connectivity index (χ3v) is 8.53. The Bertz CT molecular complexity index is 1210. The van der Waals surface area contributed by atoms with Crippen LogP contribution in [0.1, 0.15) is 36.4 Å². The van der Waals surface area contributed by atoms with Crippen LogP contribution in [0, 0.1) is 0 Å². The van der Waals surface area contributed by atoms with Crippen molar-refractivity contribution in [3.63, 3.8) is 0 Å². The molecule has 1 atom stereocenters. The summed E-state index contributed by atoms with van der Waals surface area (Å²) in [4.78, 5) is 25.9.